The van der Waals surface area contributed by atoms with Gasteiger partial charge in [0.05, 0.1) is 12.7 Å². The van der Waals surface area contributed by atoms with Crippen LogP contribution >= 0.6 is 0 Å². The van der Waals surface area contributed by atoms with Crippen molar-refractivity contribution in [2.45, 2.75) is 51.2 Å². The lowest BCUT2D eigenvalue weighted by Gasteiger charge is -2.22. The highest BCUT2D eigenvalue weighted by Crippen LogP contribution is 2.34. The number of ether oxygens (including phenoxy) is 3. The normalized spacial score (nSPS) is 19.7. The first-order valence-electron chi connectivity index (χ1n) is 8.07. The Hall–Kier alpha value is -1.26. The highest BCUT2D eigenvalue weighted by Gasteiger charge is 2.16. The number of nitrogens with one attached hydrogen (secondary N) is 1. The van der Waals surface area contributed by atoms with Gasteiger partial charge in [-0.25, -0.2) is 0 Å². The number of hydrogen-bond acceptors (Lipinski definition) is 4. The van der Waals surface area contributed by atoms with Gasteiger partial charge in [0.25, 0.3) is 0 Å². The average Bonchev–Trinajstić information content (AvgIpc) is 3.00. The summed E-state index contributed by atoms with van der Waals surface area (Å²) in [6.07, 6.45) is 6.98. The minimum Gasteiger partial charge on any atom is -0.454 e. The molecule has 0 radical (unpaired) electrons. The SMILES string of the molecule is CC(NCCOC1CCCCC1)c1ccc2c(c1)OCO2. The fraction of sp³-hybridized carbons (Fsp3) is 0.647. The molecule has 0 spiro atoms. The predicted molar refractivity (Wildman–Crippen MR) is 81.8 cm³/mol. The van der Waals surface area contributed by atoms with Crippen molar-refractivity contribution in [3.05, 3.63) is 23.8 Å². The summed E-state index contributed by atoms with van der Waals surface area (Å²) < 4.78 is 16.7. The Morgan fingerprint density at radius 2 is 2.00 bits per heavy atom. The topological polar surface area (TPSA) is 39.7 Å². The van der Waals surface area contributed by atoms with Gasteiger partial charge in [-0.05, 0) is 37.5 Å². The number of benzene rings is 1. The Kier molecular flexibility index (Phi) is 4.99. The summed E-state index contributed by atoms with van der Waals surface area (Å²) in [5.41, 5.74) is 1.22. The first-order valence-corrected chi connectivity index (χ1v) is 8.07. The number of fused-ring (bicyclic) bond motifs is 1. The lowest BCUT2D eigenvalue weighted by Crippen LogP contribution is -2.26. The lowest BCUT2D eigenvalue weighted by atomic mass is 9.98. The summed E-state index contributed by atoms with van der Waals surface area (Å²) >= 11 is 0. The minimum atomic E-state index is 0.287. The second-order valence-electron chi connectivity index (χ2n) is 5.92. The van der Waals surface area contributed by atoms with Crippen LogP contribution in [0.1, 0.15) is 50.6 Å². The van der Waals surface area contributed by atoms with Crippen molar-refractivity contribution >= 4 is 0 Å². The Labute approximate surface area is 126 Å². The van der Waals surface area contributed by atoms with Crippen LogP contribution in [-0.2, 0) is 4.74 Å². The first kappa shape index (κ1) is 14.7. The molecule has 0 amide bonds. The molecule has 0 aromatic heterocycles. The summed E-state index contributed by atoms with van der Waals surface area (Å²) in [7, 11) is 0. The van der Waals surface area contributed by atoms with Crippen LogP contribution in [0.5, 0.6) is 11.5 Å². The van der Waals surface area contributed by atoms with Gasteiger partial charge in [-0.2, -0.15) is 0 Å². The molecule has 0 saturated heterocycles. The second-order valence-corrected chi connectivity index (χ2v) is 5.92. The molecule has 0 bridgehead atoms. The molecule has 4 heteroatoms. The van der Waals surface area contributed by atoms with Crippen LogP contribution in [0.4, 0.5) is 0 Å². The third kappa shape index (κ3) is 3.89. The van der Waals surface area contributed by atoms with Crippen molar-refractivity contribution in [2.75, 3.05) is 19.9 Å². The van der Waals surface area contributed by atoms with Crippen LogP contribution in [0.2, 0.25) is 0 Å². The van der Waals surface area contributed by atoms with Crippen molar-refractivity contribution in [1.82, 2.24) is 5.32 Å². The summed E-state index contributed by atoms with van der Waals surface area (Å²) in [5, 5.41) is 3.51. The molecule has 1 saturated carbocycles. The van der Waals surface area contributed by atoms with Gasteiger partial charge >= 0.3 is 0 Å². The molecular weight excluding hydrogens is 266 g/mol. The van der Waals surface area contributed by atoms with Crippen LogP contribution in [0.15, 0.2) is 18.2 Å². The van der Waals surface area contributed by atoms with Crippen LogP contribution in [0.25, 0.3) is 0 Å². The van der Waals surface area contributed by atoms with E-state index in [1.54, 1.807) is 0 Å². The van der Waals surface area contributed by atoms with E-state index in [0.29, 0.717) is 12.9 Å². The molecule has 2 aliphatic rings. The fourth-order valence-electron chi connectivity index (χ4n) is 3.03. The Morgan fingerprint density at radius 1 is 1.19 bits per heavy atom. The number of rotatable bonds is 6. The van der Waals surface area contributed by atoms with Crippen LogP contribution < -0.4 is 14.8 Å². The zero-order chi connectivity index (χ0) is 14.5. The largest absolute Gasteiger partial charge is 0.454 e. The van der Waals surface area contributed by atoms with E-state index in [2.05, 4.69) is 24.4 Å². The predicted octanol–water partition coefficient (Wildman–Crippen LogP) is 3.42. The minimum absolute atomic E-state index is 0.287. The van der Waals surface area contributed by atoms with Gasteiger partial charge in [0, 0.05) is 12.6 Å². The van der Waals surface area contributed by atoms with Gasteiger partial charge in [0.15, 0.2) is 11.5 Å². The molecule has 1 aromatic rings. The van der Waals surface area contributed by atoms with E-state index in [4.69, 9.17) is 14.2 Å². The summed E-state index contributed by atoms with van der Waals surface area (Å²) in [5.74, 6) is 1.69. The zero-order valence-corrected chi connectivity index (χ0v) is 12.8. The maximum Gasteiger partial charge on any atom is 0.231 e. The maximum absolute atomic E-state index is 5.94. The molecule has 1 aromatic carbocycles. The molecule has 1 N–H and O–H groups in total. The van der Waals surface area contributed by atoms with Gasteiger partial charge in [0.2, 0.25) is 6.79 Å². The van der Waals surface area contributed by atoms with E-state index < -0.39 is 0 Å². The van der Waals surface area contributed by atoms with Gasteiger partial charge in [-0.1, -0.05) is 25.3 Å². The lowest BCUT2D eigenvalue weighted by molar-refractivity contribution is 0.0295. The first-order chi connectivity index (χ1) is 10.3. The monoisotopic (exact) mass is 291 g/mol. The highest BCUT2D eigenvalue weighted by molar-refractivity contribution is 5.45. The van der Waals surface area contributed by atoms with Crippen molar-refractivity contribution in [3.8, 4) is 11.5 Å². The molecular formula is C17H25NO3. The van der Waals surface area contributed by atoms with Crippen molar-refractivity contribution in [3.63, 3.8) is 0 Å². The van der Waals surface area contributed by atoms with Gasteiger partial charge in [0.1, 0.15) is 0 Å². The number of hydrogen-bond donors (Lipinski definition) is 1. The van der Waals surface area contributed by atoms with E-state index in [1.165, 1.54) is 37.7 Å². The Balaban J connectivity index is 1.40. The quantitative estimate of drug-likeness (QED) is 0.815. The molecule has 1 unspecified atom stereocenters. The van der Waals surface area contributed by atoms with Crippen molar-refractivity contribution < 1.29 is 14.2 Å². The van der Waals surface area contributed by atoms with E-state index >= 15 is 0 Å². The van der Waals surface area contributed by atoms with E-state index in [-0.39, 0.29) is 6.04 Å². The van der Waals surface area contributed by atoms with Crippen LogP contribution in [-0.4, -0.2) is 26.0 Å². The van der Waals surface area contributed by atoms with Crippen LogP contribution in [0, 0.1) is 0 Å². The molecule has 1 atom stereocenters. The molecule has 3 rings (SSSR count). The van der Waals surface area contributed by atoms with Gasteiger partial charge in [-0.15, -0.1) is 0 Å². The molecule has 1 heterocycles. The second kappa shape index (κ2) is 7.14. The summed E-state index contributed by atoms with van der Waals surface area (Å²) in [6, 6.07) is 6.42. The molecule has 1 fully saturated rings. The van der Waals surface area contributed by atoms with Gasteiger partial charge in [-0.3, -0.25) is 0 Å². The van der Waals surface area contributed by atoms with Crippen molar-refractivity contribution in [1.29, 1.82) is 0 Å². The molecule has 116 valence electrons. The third-order valence-electron chi connectivity index (χ3n) is 4.35. The fourth-order valence-corrected chi connectivity index (χ4v) is 3.03. The maximum atomic E-state index is 5.94. The summed E-state index contributed by atoms with van der Waals surface area (Å²) in [6.45, 7) is 4.17. The molecule has 21 heavy (non-hydrogen) atoms. The standard InChI is InChI=1S/C17H25NO3/c1-13(14-7-8-16-17(11-14)21-12-20-16)18-9-10-19-15-5-3-2-4-6-15/h7-8,11,13,15,18H,2-6,9-10,12H2,1H3. The Bertz CT molecular complexity index is 457. The van der Waals surface area contributed by atoms with E-state index in [9.17, 15) is 0 Å². The highest BCUT2D eigenvalue weighted by atomic mass is 16.7. The molecule has 1 aliphatic heterocycles. The average molecular weight is 291 g/mol. The molecule has 1 aliphatic carbocycles. The summed E-state index contributed by atoms with van der Waals surface area (Å²) in [4.78, 5) is 0. The van der Waals surface area contributed by atoms with Gasteiger partial charge < -0.3 is 19.5 Å². The van der Waals surface area contributed by atoms with E-state index in [1.807, 2.05) is 6.07 Å². The molecule has 4 nitrogen and oxygen atoms in total. The zero-order valence-electron chi connectivity index (χ0n) is 12.8. The Morgan fingerprint density at radius 3 is 2.86 bits per heavy atom. The third-order valence-corrected chi connectivity index (χ3v) is 4.35. The van der Waals surface area contributed by atoms with Crippen molar-refractivity contribution in [2.24, 2.45) is 0 Å². The van der Waals surface area contributed by atoms with E-state index in [0.717, 1.165) is 24.7 Å². The van der Waals surface area contributed by atoms with Crippen LogP contribution in [0.3, 0.4) is 0 Å². The smallest absolute Gasteiger partial charge is 0.231 e.